The molecule has 0 saturated carbocycles. The number of imidazole rings is 1. The van der Waals surface area contributed by atoms with Crippen LogP contribution in [0.1, 0.15) is 30.5 Å². The third kappa shape index (κ3) is 4.84. The van der Waals surface area contributed by atoms with Crippen LogP contribution in [0.5, 0.6) is 5.75 Å². The molecule has 0 aliphatic carbocycles. The number of nitrogens with one attached hydrogen (secondary N) is 1. The van der Waals surface area contributed by atoms with E-state index in [9.17, 15) is 23.5 Å². The van der Waals surface area contributed by atoms with E-state index in [0.717, 1.165) is 19.2 Å². The van der Waals surface area contributed by atoms with Crippen molar-refractivity contribution in [2.45, 2.75) is 31.5 Å². The normalized spacial score (nSPS) is 15.7. The average Bonchev–Trinajstić information content (AvgIpc) is 3.25. The maximum absolute atomic E-state index is 13.7. The van der Waals surface area contributed by atoms with E-state index in [2.05, 4.69) is 19.9 Å². The fourth-order valence-corrected chi connectivity index (χ4v) is 3.82. The largest absolute Gasteiger partial charge is 0.493 e. The van der Waals surface area contributed by atoms with Crippen LogP contribution in [-0.4, -0.2) is 57.3 Å². The van der Waals surface area contributed by atoms with Crippen LogP contribution in [0.2, 0.25) is 0 Å². The minimum Gasteiger partial charge on any atom is -0.493 e. The number of rotatable bonds is 6. The second-order valence-electron chi connectivity index (χ2n) is 7.75. The quantitative estimate of drug-likeness (QED) is 0.561. The predicted octanol–water partition coefficient (Wildman–Crippen LogP) is 3.74. The molecule has 1 aliphatic rings. The summed E-state index contributed by atoms with van der Waals surface area (Å²) in [5.41, 5.74) is 0.507. The topological polar surface area (TPSA) is 98.1 Å². The molecule has 4 rings (SSSR count). The van der Waals surface area contributed by atoms with Crippen LogP contribution in [0.25, 0.3) is 22.3 Å². The van der Waals surface area contributed by atoms with Gasteiger partial charge in [-0.3, -0.25) is 0 Å². The smallest absolute Gasteiger partial charge is 0.419 e. The van der Waals surface area contributed by atoms with Gasteiger partial charge in [0.25, 0.3) is 0 Å². The third-order valence-electron chi connectivity index (χ3n) is 5.53. The zero-order valence-corrected chi connectivity index (χ0v) is 17.2. The first kappa shape index (κ1) is 22.0. The molecule has 0 bridgehead atoms. The zero-order valence-electron chi connectivity index (χ0n) is 17.2. The van der Waals surface area contributed by atoms with Gasteiger partial charge in [0.15, 0.2) is 5.69 Å². The number of pyridine rings is 1. The lowest BCUT2D eigenvalue weighted by atomic mass is 10.1. The highest BCUT2D eigenvalue weighted by Gasteiger charge is 2.35. The predicted molar refractivity (Wildman–Crippen MR) is 111 cm³/mol. The Morgan fingerprint density at radius 2 is 2.03 bits per heavy atom. The average molecular weight is 445 g/mol. The second kappa shape index (κ2) is 9.14. The summed E-state index contributed by atoms with van der Waals surface area (Å²) in [5.74, 6) is -0.238. The van der Waals surface area contributed by atoms with E-state index >= 15 is 0 Å². The molecule has 0 atom stereocenters. The summed E-state index contributed by atoms with van der Waals surface area (Å²) in [6.07, 6.45) is -1.45. The number of aromatic amines is 1. The van der Waals surface area contributed by atoms with Crippen LogP contribution in [0.4, 0.5) is 13.2 Å². The second-order valence-corrected chi connectivity index (χ2v) is 7.75. The van der Waals surface area contributed by atoms with Crippen molar-refractivity contribution in [2.75, 3.05) is 26.2 Å². The SMILES string of the molecule is N#Cc1nc(-c2ccc(OCCCN3CCC(O)CC3)c(C(F)(F)F)c2)cc2[nH]cnc12. The Labute approximate surface area is 182 Å². The summed E-state index contributed by atoms with van der Waals surface area (Å²) >= 11 is 0. The summed E-state index contributed by atoms with van der Waals surface area (Å²) in [7, 11) is 0. The molecule has 0 radical (unpaired) electrons. The van der Waals surface area contributed by atoms with Gasteiger partial charge in [-0.25, -0.2) is 9.97 Å². The minimum atomic E-state index is -4.61. The molecule has 168 valence electrons. The Morgan fingerprint density at radius 1 is 1.25 bits per heavy atom. The molecule has 1 aliphatic heterocycles. The first-order chi connectivity index (χ1) is 15.3. The number of hydrogen-bond acceptors (Lipinski definition) is 6. The fraction of sp³-hybridized carbons (Fsp3) is 0.409. The molecule has 1 saturated heterocycles. The number of nitrogens with zero attached hydrogens (tertiary/aromatic N) is 4. The van der Waals surface area contributed by atoms with E-state index in [4.69, 9.17) is 4.74 Å². The number of fused-ring (bicyclic) bond motifs is 1. The number of nitriles is 1. The third-order valence-corrected chi connectivity index (χ3v) is 5.53. The lowest BCUT2D eigenvalue weighted by molar-refractivity contribution is -0.138. The van der Waals surface area contributed by atoms with Crippen molar-refractivity contribution >= 4 is 11.0 Å². The Bertz CT molecular complexity index is 1130. The Hall–Kier alpha value is -3.16. The molecule has 2 aromatic heterocycles. The first-order valence-corrected chi connectivity index (χ1v) is 10.3. The number of aromatic nitrogens is 3. The van der Waals surface area contributed by atoms with Gasteiger partial charge in [0, 0.05) is 25.2 Å². The van der Waals surface area contributed by atoms with Crippen molar-refractivity contribution in [1.82, 2.24) is 19.9 Å². The van der Waals surface area contributed by atoms with Gasteiger partial charge >= 0.3 is 6.18 Å². The van der Waals surface area contributed by atoms with Gasteiger partial charge < -0.3 is 19.7 Å². The number of benzene rings is 1. The Morgan fingerprint density at radius 3 is 2.75 bits per heavy atom. The van der Waals surface area contributed by atoms with E-state index in [1.807, 2.05) is 6.07 Å². The van der Waals surface area contributed by atoms with Gasteiger partial charge in [-0.15, -0.1) is 0 Å². The highest BCUT2D eigenvalue weighted by atomic mass is 19.4. The van der Waals surface area contributed by atoms with Crippen molar-refractivity contribution in [3.63, 3.8) is 0 Å². The van der Waals surface area contributed by atoms with Gasteiger partial charge in [0.1, 0.15) is 17.3 Å². The summed E-state index contributed by atoms with van der Waals surface area (Å²) < 4.78 is 46.7. The van der Waals surface area contributed by atoms with E-state index in [0.29, 0.717) is 36.8 Å². The van der Waals surface area contributed by atoms with Crippen LogP contribution in [-0.2, 0) is 6.18 Å². The number of aliphatic hydroxyl groups excluding tert-OH is 1. The van der Waals surface area contributed by atoms with E-state index < -0.39 is 11.7 Å². The molecule has 32 heavy (non-hydrogen) atoms. The summed E-state index contributed by atoms with van der Waals surface area (Å²) in [6.45, 7) is 2.42. The van der Waals surface area contributed by atoms with Crippen molar-refractivity contribution in [1.29, 1.82) is 5.26 Å². The van der Waals surface area contributed by atoms with Crippen LogP contribution in [0, 0.1) is 11.3 Å². The number of piperidine rings is 1. The van der Waals surface area contributed by atoms with Gasteiger partial charge in [-0.2, -0.15) is 18.4 Å². The summed E-state index contributed by atoms with van der Waals surface area (Å²) in [6, 6.07) is 7.28. The highest BCUT2D eigenvalue weighted by Crippen LogP contribution is 2.39. The maximum Gasteiger partial charge on any atom is 0.419 e. The minimum absolute atomic E-state index is 0.0397. The van der Waals surface area contributed by atoms with E-state index in [1.54, 1.807) is 6.07 Å². The molecule has 1 fully saturated rings. The fourth-order valence-electron chi connectivity index (χ4n) is 3.82. The molecule has 1 aromatic carbocycles. The molecular formula is C22H22F3N5O2. The Kier molecular flexibility index (Phi) is 6.30. The molecule has 0 spiro atoms. The Balaban J connectivity index is 1.50. The van der Waals surface area contributed by atoms with Gasteiger partial charge in [-0.1, -0.05) is 0 Å². The standard InChI is InChI=1S/C22H22F3N5O2/c23-22(24,25)16-10-14(17-11-18-21(28-13-27-18)19(12-26)29-17)2-3-20(16)32-9-1-6-30-7-4-15(31)5-8-30/h2-3,10-11,13,15,31H,1,4-9H2,(H,27,28). The summed E-state index contributed by atoms with van der Waals surface area (Å²) in [4.78, 5) is 13.2. The van der Waals surface area contributed by atoms with Crippen molar-refractivity contribution in [3.8, 4) is 23.1 Å². The number of halogens is 3. The van der Waals surface area contributed by atoms with E-state index in [-0.39, 0.29) is 35.4 Å². The number of H-pyrrole nitrogens is 1. The lowest BCUT2D eigenvalue weighted by Crippen LogP contribution is -2.36. The molecule has 10 heteroatoms. The van der Waals surface area contributed by atoms with Crippen molar-refractivity contribution in [3.05, 3.63) is 41.9 Å². The maximum atomic E-state index is 13.7. The van der Waals surface area contributed by atoms with Crippen LogP contribution in [0.3, 0.4) is 0 Å². The van der Waals surface area contributed by atoms with Gasteiger partial charge in [-0.05, 0) is 43.5 Å². The zero-order chi connectivity index (χ0) is 22.7. The van der Waals surface area contributed by atoms with Gasteiger partial charge in [0.2, 0.25) is 0 Å². The first-order valence-electron chi connectivity index (χ1n) is 10.3. The van der Waals surface area contributed by atoms with Crippen LogP contribution < -0.4 is 4.74 Å². The number of likely N-dealkylation sites (tertiary alicyclic amines) is 1. The molecular weight excluding hydrogens is 423 g/mol. The number of hydrogen-bond donors (Lipinski definition) is 2. The lowest BCUT2D eigenvalue weighted by Gasteiger charge is -2.29. The number of aliphatic hydroxyl groups is 1. The number of ether oxygens (including phenoxy) is 1. The summed E-state index contributed by atoms with van der Waals surface area (Å²) in [5, 5.41) is 18.8. The van der Waals surface area contributed by atoms with E-state index in [1.165, 1.54) is 18.5 Å². The highest BCUT2D eigenvalue weighted by molar-refractivity contribution is 5.83. The molecule has 0 amide bonds. The van der Waals surface area contributed by atoms with Crippen molar-refractivity contribution in [2.24, 2.45) is 0 Å². The van der Waals surface area contributed by atoms with Gasteiger partial charge in [0.05, 0.1) is 35.8 Å². The molecule has 0 unspecified atom stereocenters. The molecule has 3 heterocycles. The van der Waals surface area contributed by atoms with Crippen molar-refractivity contribution < 1.29 is 23.0 Å². The number of alkyl halides is 3. The molecule has 7 nitrogen and oxygen atoms in total. The molecule has 2 N–H and O–H groups in total. The van der Waals surface area contributed by atoms with Crippen LogP contribution in [0.15, 0.2) is 30.6 Å². The molecule has 3 aromatic rings. The van der Waals surface area contributed by atoms with Crippen LogP contribution >= 0.6 is 0 Å². The monoisotopic (exact) mass is 445 g/mol.